The molecule has 0 bridgehead atoms. The first-order chi connectivity index (χ1) is 12.2. The highest BCUT2D eigenvalue weighted by Gasteiger charge is 2.13. The van der Waals surface area contributed by atoms with Gasteiger partial charge in [-0.3, -0.25) is 0 Å². The maximum Gasteiger partial charge on any atom is 0.336 e. The molecule has 1 fully saturated rings. The van der Waals surface area contributed by atoms with Crippen LogP contribution < -0.4 is 9.64 Å². The molecule has 1 heterocycles. The zero-order valence-corrected chi connectivity index (χ0v) is 14.4. The molecule has 1 N–H and O–H groups in total. The second-order valence-electron chi connectivity index (χ2n) is 6.23. The average molecular weight is 337 g/mol. The molecule has 2 aromatic carbocycles. The Hall–Kier alpha value is -2.75. The number of hydrogen-bond donors (Lipinski definition) is 1. The Kier molecular flexibility index (Phi) is 5.39. The average Bonchev–Trinajstić information content (AvgIpc) is 2.67. The van der Waals surface area contributed by atoms with Crippen molar-refractivity contribution in [2.75, 3.05) is 25.1 Å². The minimum absolute atomic E-state index is 0.254. The van der Waals surface area contributed by atoms with Gasteiger partial charge in [0.1, 0.15) is 5.75 Å². The molecule has 0 amide bonds. The molecule has 1 aliphatic heterocycles. The van der Waals surface area contributed by atoms with Gasteiger partial charge in [-0.1, -0.05) is 24.3 Å². The Bertz CT molecular complexity index is 759. The maximum absolute atomic E-state index is 11.7. The summed E-state index contributed by atoms with van der Waals surface area (Å²) in [6.45, 7) is 2.19. The predicted molar refractivity (Wildman–Crippen MR) is 101 cm³/mol. The molecule has 0 spiro atoms. The summed E-state index contributed by atoms with van der Waals surface area (Å²) in [6, 6.07) is 15.2. The molecule has 1 aliphatic rings. The van der Waals surface area contributed by atoms with Gasteiger partial charge in [0, 0.05) is 18.8 Å². The second-order valence-corrected chi connectivity index (χ2v) is 6.23. The zero-order chi connectivity index (χ0) is 17.6. The van der Waals surface area contributed by atoms with Crippen LogP contribution in [0.15, 0.2) is 48.5 Å². The normalized spacial score (nSPS) is 15.1. The minimum Gasteiger partial charge on any atom is -0.497 e. The van der Waals surface area contributed by atoms with E-state index in [1.54, 1.807) is 37.5 Å². The zero-order valence-electron chi connectivity index (χ0n) is 14.4. The Labute approximate surface area is 148 Å². The van der Waals surface area contributed by atoms with Crippen LogP contribution in [0.5, 0.6) is 5.75 Å². The number of aliphatic carboxylic acids is 1. The molecule has 1 saturated heterocycles. The van der Waals surface area contributed by atoms with E-state index in [9.17, 15) is 9.90 Å². The van der Waals surface area contributed by atoms with E-state index < -0.39 is 5.97 Å². The third kappa shape index (κ3) is 4.21. The quantitative estimate of drug-likeness (QED) is 0.652. The Balaban J connectivity index is 1.86. The number of benzene rings is 2. The number of nitrogens with zero attached hydrogens (tertiary/aromatic N) is 1. The van der Waals surface area contributed by atoms with E-state index in [1.165, 1.54) is 24.9 Å². The van der Waals surface area contributed by atoms with Crippen LogP contribution in [0.2, 0.25) is 0 Å². The lowest BCUT2D eigenvalue weighted by Gasteiger charge is -2.28. The number of carboxylic acids is 1. The number of carbonyl (C=O) groups is 1. The summed E-state index contributed by atoms with van der Waals surface area (Å²) in [5, 5.41) is 9.59. The fourth-order valence-electron chi connectivity index (χ4n) is 3.16. The molecule has 25 heavy (non-hydrogen) atoms. The standard InChI is InChI=1S/C21H23NO3/c1-25-19-7-5-6-17(15-19)20(21(23)24)14-16-8-10-18(11-9-16)22-12-3-2-4-13-22/h5-11,14-15H,2-4,12-13H2,1H3,(H,23,24)/b20-14-. The Morgan fingerprint density at radius 1 is 1.08 bits per heavy atom. The lowest BCUT2D eigenvalue weighted by molar-refractivity contribution is -0.130. The molecule has 0 saturated carbocycles. The van der Waals surface area contributed by atoms with Crippen molar-refractivity contribution in [3.05, 3.63) is 59.7 Å². The van der Waals surface area contributed by atoms with Crippen molar-refractivity contribution in [2.24, 2.45) is 0 Å². The molecule has 0 unspecified atom stereocenters. The van der Waals surface area contributed by atoms with Crippen molar-refractivity contribution >= 4 is 23.3 Å². The topological polar surface area (TPSA) is 49.8 Å². The first kappa shape index (κ1) is 17.1. The SMILES string of the molecule is COc1cccc(/C(=C/c2ccc(N3CCCCC3)cc2)C(=O)O)c1. The lowest BCUT2D eigenvalue weighted by Crippen LogP contribution is -2.29. The summed E-state index contributed by atoms with van der Waals surface area (Å²) in [5.41, 5.74) is 2.97. The monoisotopic (exact) mass is 337 g/mol. The molecule has 0 radical (unpaired) electrons. The first-order valence-corrected chi connectivity index (χ1v) is 8.62. The predicted octanol–water partition coefficient (Wildman–Crippen LogP) is 4.31. The minimum atomic E-state index is -0.951. The molecule has 0 aliphatic carbocycles. The van der Waals surface area contributed by atoms with Gasteiger partial charge >= 0.3 is 5.97 Å². The summed E-state index contributed by atoms with van der Waals surface area (Å²) in [7, 11) is 1.57. The van der Waals surface area contributed by atoms with Crippen molar-refractivity contribution in [1.29, 1.82) is 0 Å². The van der Waals surface area contributed by atoms with Gasteiger partial charge in [0.05, 0.1) is 12.7 Å². The first-order valence-electron chi connectivity index (χ1n) is 8.62. The van der Waals surface area contributed by atoms with Crippen LogP contribution in [0.3, 0.4) is 0 Å². The van der Waals surface area contributed by atoms with E-state index in [4.69, 9.17) is 4.74 Å². The summed E-state index contributed by atoms with van der Waals surface area (Å²) in [5.74, 6) is -0.307. The number of rotatable bonds is 5. The molecular weight excluding hydrogens is 314 g/mol. The largest absolute Gasteiger partial charge is 0.497 e. The summed E-state index contributed by atoms with van der Waals surface area (Å²) in [4.78, 5) is 14.1. The second kappa shape index (κ2) is 7.88. The van der Waals surface area contributed by atoms with Gasteiger partial charge in [0.15, 0.2) is 0 Å². The van der Waals surface area contributed by atoms with E-state index in [0.717, 1.165) is 18.7 Å². The van der Waals surface area contributed by atoms with Crippen LogP contribution in [-0.2, 0) is 4.79 Å². The highest BCUT2D eigenvalue weighted by molar-refractivity contribution is 6.20. The number of ether oxygens (including phenoxy) is 1. The maximum atomic E-state index is 11.7. The van der Waals surface area contributed by atoms with Crippen LogP contribution >= 0.6 is 0 Å². The van der Waals surface area contributed by atoms with Gasteiger partial charge in [-0.05, 0) is 60.7 Å². The fourth-order valence-corrected chi connectivity index (χ4v) is 3.16. The number of piperidine rings is 1. The number of methoxy groups -OCH3 is 1. The molecule has 4 nitrogen and oxygen atoms in total. The number of anilines is 1. The van der Waals surface area contributed by atoms with E-state index in [0.29, 0.717) is 11.3 Å². The van der Waals surface area contributed by atoms with Crippen LogP contribution in [0.4, 0.5) is 5.69 Å². The van der Waals surface area contributed by atoms with Crippen molar-refractivity contribution in [2.45, 2.75) is 19.3 Å². The molecule has 0 atom stereocenters. The summed E-state index contributed by atoms with van der Waals surface area (Å²) < 4.78 is 5.19. The van der Waals surface area contributed by atoms with E-state index in [-0.39, 0.29) is 5.57 Å². The van der Waals surface area contributed by atoms with Crippen molar-refractivity contribution in [3.63, 3.8) is 0 Å². The van der Waals surface area contributed by atoms with E-state index in [1.807, 2.05) is 12.1 Å². The molecule has 4 heteroatoms. The van der Waals surface area contributed by atoms with E-state index in [2.05, 4.69) is 17.0 Å². The van der Waals surface area contributed by atoms with Gasteiger partial charge in [0.25, 0.3) is 0 Å². The fraction of sp³-hybridized carbons (Fsp3) is 0.286. The molecular formula is C21H23NO3. The summed E-state index contributed by atoms with van der Waals surface area (Å²) >= 11 is 0. The van der Waals surface area contributed by atoms with Crippen LogP contribution in [0, 0.1) is 0 Å². The van der Waals surface area contributed by atoms with E-state index >= 15 is 0 Å². The van der Waals surface area contributed by atoms with Gasteiger partial charge in [-0.15, -0.1) is 0 Å². The number of carboxylic acid groups (broad SMARTS) is 1. The lowest BCUT2D eigenvalue weighted by atomic mass is 10.0. The Morgan fingerprint density at radius 3 is 2.44 bits per heavy atom. The Morgan fingerprint density at radius 2 is 1.80 bits per heavy atom. The van der Waals surface area contributed by atoms with Crippen molar-refractivity contribution in [3.8, 4) is 5.75 Å². The highest BCUT2D eigenvalue weighted by atomic mass is 16.5. The summed E-state index contributed by atoms with van der Waals surface area (Å²) in [6.07, 6.45) is 5.48. The highest BCUT2D eigenvalue weighted by Crippen LogP contribution is 2.25. The van der Waals surface area contributed by atoms with Gasteiger partial charge in [-0.2, -0.15) is 0 Å². The molecule has 0 aromatic heterocycles. The molecule has 3 rings (SSSR count). The third-order valence-corrected chi connectivity index (χ3v) is 4.54. The van der Waals surface area contributed by atoms with Gasteiger partial charge in [0.2, 0.25) is 0 Å². The third-order valence-electron chi connectivity index (χ3n) is 4.54. The van der Waals surface area contributed by atoms with Crippen LogP contribution in [0.1, 0.15) is 30.4 Å². The van der Waals surface area contributed by atoms with Crippen LogP contribution in [0.25, 0.3) is 11.6 Å². The smallest absolute Gasteiger partial charge is 0.336 e. The van der Waals surface area contributed by atoms with Crippen LogP contribution in [-0.4, -0.2) is 31.3 Å². The molecule has 130 valence electrons. The number of hydrogen-bond acceptors (Lipinski definition) is 3. The van der Waals surface area contributed by atoms with Crippen molar-refractivity contribution < 1.29 is 14.6 Å². The molecule has 2 aromatic rings. The van der Waals surface area contributed by atoms with Gasteiger partial charge in [-0.25, -0.2) is 4.79 Å². The van der Waals surface area contributed by atoms with Gasteiger partial charge < -0.3 is 14.7 Å². The van der Waals surface area contributed by atoms with Crippen molar-refractivity contribution in [1.82, 2.24) is 0 Å².